The quantitative estimate of drug-likeness (QED) is 0.483. The Morgan fingerprint density at radius 3 is 2.11 bits per heavy atom. The normalized spacial score (nSPS) is 14.7. The van der Waals surface area contributed by atoms with Crippen LogP contribution in [0.3, 0.4) is 0 Å². The van der Waals surface area contributed by atoms with Gasteiger partial charge in [-0.1, -0.05) is 30.3 Å². The molecule has 0 aromatic heterocycles. The number of esters is 2. The zero-order valence-electron chi connectivity index (χ0n) is 15.7. The molecular weight excluding hydrogens is 352 g/mol. The van der Waals surface area contributed by atoms with Crippen LogP contribution in [-0.2, 0) is 33.3 Å². The van der Waals surface area contributed by atoms with Gasteiger partial charge < -0.3 is 18.9 Å². The lowest BCUT2D eigenvalue weighted by molar-refractivity contribution is -0.162. The molecule has 1 aromatic rings. The molecule has 0 radical (unpaired) electrons. The minimum atomic E-state index is -1.34. The second-order valence-electron chi connectivity index (χ2n) is 5.72. The van der Waals surface area contributed by atoms with Gasteiger partial charge in [0.05, 0.1) is 25.4 Å². The minimum absolute atomic E-state index is 0.0370. The van der Waals surface area contributed by atoms with Crippen LogP contribution in [0.5, 0.6) is 0 Å². The van der Waals surface area contributed by atoms with Crippen LogP contribution < -0.4 is 0 Å². The molecule has 0 fully saturated rings. The van der Waals surface area contributed by atoms with Crippen molar-refractivity contribution < 1.29 is 33.3 Å². The largest absolute Gasteiger partial charge is 0.465 e. The van der Waals surface area contributed by atoms with Crippen molar-refractivity contribution in [2.75, 3.05) is 26.4 Å². The molecule has 0 spiro atoms. The molecule has 0 bridgehead atoms. The van der Waals surface area contributed by atoms with Crippen molar-refractivity contribution in [1.29, 1.82) is 0 Å². The summed E-state index contributed by atoms with van der Waals surface area (Å²) in [6.45, 7) is 5.31. The summed E-state index contributed by atoms with van der Waals surface area (Å²) in [5.41, 5.74) is 0.740. The monoisotopic (exact) mass is 376 g/mol. The highest BCUT2D eigenvalue weighted by atomic mass is 16.7. The highest BCUT2D eigenvalue weighted by Gasteiger charge is 2.46. The standard InChI is InChI=1S/C20H24O7/c1-4-24-18(22)17(19(23)25-5-2)15(13-10-8-7-9-11-13)16-14(21)12-27-20(16)26-6-3/h7-11,15,17H,4-6,12H2,1-3H3. The number of carbonyl (C=O) groups excluding carboxylic acids is 3. The molecule has 0 amide bonds. The molecule has 1 aliphatic rings. The second-order valence-corrected chi connectivity index (χ2v) is 5.72. The van der Waals surface area contributed by atoms with Gasteiger partial charge in [0.2, 0.25) is 5.78 Å². The van der Waals surface area contributed by atoms with Crippen molar-refractivity contribution in [3.05, 3.63) is 47.4 Å². The average molecular weight is 376 g/mol. The van der Waals surface area contributed by atoms with Gasteiger partial charge >= 0.3 is 11.9 Å². The fraction of sp³-hybridized carbons (Fsp3) is 0.450. The lowest BCUT2D eigenvalue weighted by Crippen LogP contribution is -2.35. The predicted octanol–water partition coefficient (Wildman–Crippen LogP) is 2.36. The molecule has 27 heavy (non-hydrogen) atoms. The predicted molar refractivity (Wildman–Crippen MR) is 95.6 cm³/mol. The van der Waals surface area contributed by atoms with E-state index < -0.39 is 23.8 Å². The molecule has 146 valence electrons. The first-order chi connectivity index (χ1) is 13.0. The molecule has 1 atom stereocenters. The van der Waals surface area contributed by atoms with E-state index in [1.807, 2.05) is 0 Å². The van der Waals surface area contributed by atoms with Gasteiger partial charge in [0.25, 0.3) is 5.95 Å². The number of hydrogen-bond acceptors (Lipinski definition) is 7. The van der Waals surface area contributed by atoms with Crippen molar-refractivity contribution in [3.8, 4) is 0 Å². The molecule has 1 heterocycles. The lowest BCUT2D eigenvalue weighted by Gasteiger charge is -2.25. The Balaban J connectivity index is 2.62. The highest BCUT2D eigenvalue weighted by Crippen LogP contribution is 2.39. The van der Waals surface area contributed by atoms with E-state index in [-0.39, 0.29) is 43.7 Å². The van der Waals surface area contributed by atoms with Crippen molar-refractivity contribution in [2.45, 2.75) is 26.7 Å². The van der Waals surface area contributed by atoms with Gasteiger partial charge in [-0.25, -0.2) is 0 Å². The summed E-state index contributed by atoms with van der Waals surface area (Å²) in [5.74, 6) is -4.09. The summed E-state index contributed by atoms with van der Waals surface area (Å²) in [4.78, 5) is 37.9. The molecule has 0 aliphatic carbocycles. The summed E-state index contributed by atoms with van der Waals surface area (Å²) in [6, 6.07) is 8.79. The number of hydrogen-bond donors (Lipinski definition) is 0. The third-order valence-corrected chi connectivity index (χ3v) is 4.01. The maximum atomic E-state index is 12.7. The highest BCUT2D eigenvalue weighted by molar-refractivity contribution is 6.04. The van der Waals surface area contributed by atoms with Gasteiger partial charge in [0.15, 0.2) is 12.5 Å². The van der Waals surface area contributed by atoms with E-state index in [0.717, 1.165) is 0 Å². The Kier molecular flexibility index (Phi) is 7.40. The van der Waals surface area contributed by atoms with E-state index in [4.69, 9.17) is 18.9 Å². The second kappa shape index (κ2) is 9.75. The van der Waals surface area contributed by atoms with Crippen LogP contribution in [-0.4, -0.2) is 44.1 Å². The zero-order valence-corrected chi connectivity index (χ0v) is 15.7. The Morgan fingerprint density at radius 1 is 1.00 bits per heavy atom. The van der Waals surface area contributed by atoms with Crippen LogP contribution in [0.1, 0.15) is 32.3 Å². The third-order valence-electron chi connectivity index (χ3n) is 4.01. The van der Waals surface area contributed by atoms with Crippen LogP contribution in [0, 0.1) is 5.92 Å². The number of Topliss-reactive ketones (excluding diaryl/α,β-unsaturated/α-hetero) is 1. The third kappa shape index (κ3) is 4.67. The van der Waals surface area contributed by atoms with E-state index in [2.05, 4.69) is 0 Å². The van der Waals surface area contributed by atoms with E-state index in [0.29, 0.717) is 5.56 Å². The number of ether oxygens (including phenoxy) is 4. The zero-order chi connectivity index (χ0) is 19.8. The fourth-order valence-electron chi connectivity index (χ4n) is 2.97. The molecule has 1 unspecified atom stereocenters. The Hall–Kier alpha value is -2.83. The van der Waals surface area contributed by atoms with E-state index >= 15 is 0 Å². The van der Waals surface area contributed by atoms with Gasteiger partial charge in [-0.05, 0) is 26.3 Å². The van der Waals surface area contributed by atoms with Crippen molar-refractivity contribution in [1.82, 2.24) is 0 Å². The molecule has 0 saturated carbocycles. The first-order valence-corrected chi connectivity index (χ1v) is 8.96. The van der Waals surface area contributed by atoms with E-state index in [1.165, 1.54) is 0 Å². The summed E-state index contributed by atoms with van der Waals surface area (Å²) >= 11 is 0. The number of carbonyl (C=O) groups is 3. The fourth-order valence-corrected chi connectivity index (χ4v) is 2.97. The van der Waals surface area contributed by atoms with Gasteiger partial charge in [-0.3, -0.25) is 14.4 Å². The first kappa shape index (κ1) is 20.5. The molecule has 0 saturated heterocycles. The van der Waals surface area contributed by atoms with Crippen LogP contribution in [0.2, 0.25) is 0 Å². The van der Waals surface area contributed by atoms with Gasteiger partial charge in [-0.15, -0.1) is 0 Å². The summed E-state index contributed by atoms with van der Waals surface area (Å²) in [5, 5.41) is 0. The molecule has 2 rings (SSSR count). The van der Waals surface area contributed by atoms with Crippen LogP contribution in [0.4, 0.5) is 0 Å². The van der Waals surface area contributed by atoms with E-state index in [9.17, 15) is 14.4 Å². The van der Waals surface area contributed by atoms with Crippen LogP contribution in [0.15, 0.2) is 41.9 Å². The minimum Gasteiger partial charge on any atom is -0.465 e. The molecule has 1 aromatic carbocycles. The summed E-state index contributed by atoms with van der Waals surface area (Å²) < 4.78 is 21.0. The van der Waals surface area contributed by atoms with Gasteiger partial charge in [-0.2, -0.15) is 0 Å². The summed E-state index contributed by atoms with van der Waals surface area (Å²) in [6.07, 6.45) is 0. The maximum absolute atomic E-state index is 12.7. The average Bonchev–Trinajstić information content (AvgIpc) is 3.01. The molecule has 1 aliphatic heterocycles. The number of ketones is 1. The summed E-state index contributed by atoms with van der Waals surface area (Å²) in [7, 11) is 0. The van der Waals surface area contributed by atoms with Crippen molar-refractivity contribution in [2.24, 2.45) is 5.92 Å². The Bertz CT molecular complexity index is 690. The number of benzene rings is 1. The number of rotatable bonds is 9. The smallest absolute Gasteiger partial charge is 0.321 e. The van der Waals surface area contributed by atoms with E-state index in [1.54, 1.807) is 51.1 Å². The topological polar surface area (TPSA) is 88.1 Å². The molecular formula is C20H24O7. The Labute approximate surface area is 158 Å². The van der Waals surface area contributed by atoms with Gasteiger partial charge in [0.1, 0.15) is 0 Å². The molecule has 0 N–H and O–H groups in total. The molecule has 7 nitrogen and oxygen atoms in total. The van der Waals surface area contributed by atoms with Crippen LogP contribution in [0.25, 0.3) is 0 Å². The Morgan fingerprint density at radius 2 is 1.59 bits per heavy atom. The first-order valence-electron chi connectivity index (χ1n) is 8.96. The van der Waals surface area contributed by atoms with Crippen LogP contribution >= 0.6 is 0 Å². The van der Waals surface area contributed by atoms with Crippen molar-refractivity contribution in [3.63, 3.8) is 0 Å². The van der Waals surface area contributed by atoms with Gasteiger partial charge in [0, 0.05) is 5.92 Å². The maximum Gasteiger partial charge on any atom is 0.321 e. The van der Waals surface area contributed by atoms with Crippen molar-refractivity contribution >= 4 is 17.7 Å². The lowest BCUT2D eigenvalue weighted by atomic mass is 9.79. The SMILES string of the molecule is CCOC(=O)C(C(=O)OCC)C(C1=C(OCC)OCC1=O)c1ccccc1. The molecule has 7 heteroatoms.